The van der Waals surface area contributed by atoms with Gasteiger partial charge >= 0.3 is 0 Å². The van der Waals surface area contributed by atoms with Gasteiger partial charge in [0.05, 0.1) is 11.0 Å². The van der Waals surface area contributed by atoms with Crippen molar-refractivity contribution >= 4 is 46.0 Å². The molecule has 1 fully saturated rings. The van der Waals surface area contributed by atoms with E-state index in [0.29, 0.717) is 23.3 Å². The van der Waals surface area contributed by atoms with E-state index in [4.69, 9.17) is 21.3 Å². The number of hydrogen-bond donors (Lipinski definition) is 2. The molecule has 40 heavy (non-hydrogen) atoms. The van der Waals surface area contributed by atoms with Crippen LogP contribution >= 0.6 is 11.6 Å². The highest BCUT2D eigenvalue weighted by Gasteiger charge is 2.24. The Bertz CT molecular complexity index is 1520. The minimum Gasteiger partial charge on any atom is -0.457 e. The third kappa shape index (κ3) is 6.24. The molecule has 5 rings (SSSR count). The van der Waals surface area contributed by atoms with Crippen LogP contribution in [0.25, 0.3) is 11.0 Å². The van der Waals surface area contributed by atoms with Gasteiger partial charge in [0.1, 0.15) is 17.3 Å². The van der Waals surface area contributed by atoms with Gasteiger partial charge in [-0.1, -0.05) is 39.3 Å². The molecule has 2 aromatic carbocycles. The number of fused-ring (bicyclic) bond motifs is 1. The molecule has 9 heteroatoms. The Hall–Kier alpha value is -3.62. The van der Waals surface area contributed by atoms with Gasteiger partial charge in [0, 0.05) is 42.0 Å². The van der Waals surface area contributed by atoms with Gasteiger partial charge in [-0.25, -0.2) is 9.97 Å². The number of nitrogens with zero attached hydrogens (tertiary/aromatic N) is 4. The molecule has 2 aromatic heterocycles. The number of rotatable bonds is 7. The first-order valence-corrected chi connectivity index (χ1v) is 14.2. The van der Waals surface area contributed by atoms with Gasteiger partial charge in [-0.15, -0.1) is 0 Å². The summed E-state index contributed by atoms with van der Waals surface area (Å²) < 4.78 is 8.14. The van der Waals surface area contributed by atoms with E-state index in [9.17, 15) is 4.79 Å². The zero-order valence-electron chi connectivity index (χ0n) is 23.8. The summed E-state index contributed by atoms with van der Waals surface area (Å²) in [6.07, 6.45) is 3.38. The lowest BCUT2D eigenvalue weighted by Gasteiger charge is -2.30. The molecule has 1 aliphatic rings. The van der Waals surface area contributed by atoms with Crippen molar-refractivity contribution in [2.24, 2.45) is 13.0 Å². The quantitative estimate of drug-likeness (QED) is 0.250. The summed E-state index contributed by atoms with van der Waals surface area (Å²) in [7, 11) is 1.97. The summed E-state index contributed by atoms with van der Waals surface area (Å²) in [6, 6.07) is 15.3. The standard InChI is InChI=1S/C31H37ClN6O2/c1-6-38-15-12-20(13-16-38)29(39)36-28-19-23(11-14-33-28)40-22-8-10-27-26(18-22)35-30(37(27)5)34-21-7-9-25(32)24(17-21)31(2,3)4/h7-11,14,17-20H,6,12-13,15-16H2,1-5H3,(H,34,35)(H,33,36,39). The second-order valence-corrected chi connectivity index (χ2v) is 11.8. The molecule has 2 N–H and O–H groups in total. The van der Waals surface area contributed by atoms with E-state index in [2.05, 4.69) is 54.3 Å². The number of hydrogen-bond acceptors (Lipinski definition) is 6. The lowest BCUT2D eigenvalue weighted by Crippen LogP contribution is -2.38. The van der Waals surface area contributed by atoms with Crippen LogP contribution in [-0.2, 0) is 17.3 Å². The number of carbonyl (C=O) groups is 1. The van der Waals surface area contributed by atoms with Crippen LogP contribution in [0.1, 0.15) is 46.1 Å². The highest BCUT2D eigenvalue weighted by atomic mass is 35.5. The molecule has 1 saturated heterocycles. The predicted octanol–water partition coefficient (Wildman–Crippen LogP) is 7.13. The van der Waals surface area contributed by atoms with E-state index in [1.54, 1.807) is 18.3 Å². The molecular formula is C31H37ClN6O2. The number of aryl methyl sites for hydroxylation is 1. The van der Waals surface area contributed by atoms with Crippen molar-refractivity contribution < 1.29 is 9.53 Å². The van der Waals surface area contributed by atoms with Crippen molar-refractivity contribution in [1.29, 1.82) is 0 Å². The number of pyridine rings is 1. The Labute approximate surface area is 240 Å². The maximum absolute atomic E-state index is 12.8. The Morgan fingerprint density at radius 1 is 1.07 bits per heavy atom. The van der Waals surface area contributed by atoms with E-state index < -0.39 is 0 Å². The SMILES string of the molecule is CCN1CCC(C(=O)Nc2cc(Oc3ccc4c(c3)nc(Nc3ccc(Cl)c(C(C)(C)C)c3)n4C)ccn2)CC1. The third-order valence-electron chi connectivity index (χ3n) is 7.51. The fraction of sp³-hybridized carbons (Fsp3) is 0.387. The molecule has 4 aromatic rings. The van der Waals surface area contributed by atoms with Crippen molar-refractivity contribution in [2.75, 3.05) is 30.3 Å². The molecule has 210 valence electrons. The molecule has 0 unspecified atom stereocenters. The number of benzene rings is 2. The number of nitrogens with one attached hydrogen (secondary N) is 2. The van der Waals surface area contributed by atoms with Crippen LogP contribution in [-0.4, -0.2) is 45.0 Å². The molecule has 0 spiro atoms. The van der Waals surface area contributed by atoms with Crippen LogP contribution in [0.2, 0.25) is 5.02 Å². The second-order valence-electron chi connectivity index (χ2n) is 11.4. The molecule has 0 bridgehead atoms. The van der Waals surface area contributed by atoms with Crippen molar-refractivity contribution in [2.45, 2.75) is 46.0 Å². The van der Waals surface area contributed by atoms with Crippen LogP contribution in [0.3, 0.4) is 0 Å². The molecule has 0 radical (unpaired) electrons. The Balaban J connectivity index is 1.28. The summed E-state index contributed by atoms with van der Waals surface area (Å²) in [5, 5.41) is 7.15. The average molecular weight is 561 g/mol. The average Bonchev–Trinajstić information content (AvgIpc) is 3.23. The van der Waals surface area contributed by atoms with Gasteiger partial charge in [0.25, 0.3) is 0 Å². The van der Waals surface area contributed by atoms with Gasteiger partial charge in [0.2, 0.25) is 11.9 Å². The van der Waals surface area contributed by atoms with Crippen LogP contribution in [0.5, 0.6) is 11.5 Å². The van der Waals surface area contributed by atoms with Gasteiger partial charge < -0.3 is 24.8 Å². The van der Waals surface area contributed by atoms with Crippen LogP contribution < -0.4 is 15.4 Å². The van der Waals surface area contributed by atoms with Crippen molar-refractivity contribution in [3.8, 4) is 11.5 Å². The van der Waals surface area contributed by atoms with Gasteiger partial charge in [0.15, 0.2) is 0 Å². The molecule has 8 nitrogen and oxygen atoms in total. The molecule has 1 amide bonds. The van der Waals surface area contributed by atoms with Crippen LogP contribution in [0.15, 0.2) is 54.7 Å². The molecule has 0 saturated carbocycles. The lowest BCUT2D eigenvalue weighted by atomic mass is 9.87. The monoisotopic (exact) mass is 560 g/mol. The second kappa shape index (κ2) is 11.5. The van der Waals surface area contributed by atoms with E-state index in [0.717, 1.165) is 59.8 Å². The van der Waals surface area contributed by atoms with E-state index in [-0.39, 0.29) is 17.2 Å². The summed E-state index contributed by atoms with van der Waals surface area (Å²) in [4.78, 5) is 24.3. The first-order valence-electron chi connectivity index (χ1n) is 13.8. The molecule has 1 aliphatic heterocycles. The number of piperidine rings is 1. The van der Waals surface area contributed by atoms with Gasteiger partial charge in [-0.2, -0.15) is 0 Å². The molecule has 3 heterocycles. The van der Waals surface area contributed by atoms with Gasteiger partial charge in [-0.05, 0) is 79.9 Å². The number of amides is 1. The maximum atomic E-state index is 12.8. The predicted molar refractivity (Wildman–Crippen MR) is 162 cm³/mol. The van der Waals surface area contributed by atoms with E-state index in [1.807, 2.05) is 41.9 Å². The third-order valence-corrected chi connectivity index (χ3v) is 7.84. The molecule has 0 atom stereocenters. The van der Waals surface area contributed by atoms with E-state index >= 15 is 0 Å². The zero-order chi connectivity index (χ0) is 28.4. The Morgan fingerprint density at radius 2 is 1.82 bits per heavy atom. The number of aromatic nitrogens is 3. The summed E-state index contributed by atoms with van der Waals surface area (Å²) >= 11 is 6.45. The van der Waals surface area contributed by atoms with Crippen molar-refractivity contribution in [3.05, 3.63) is 65.3 Å². The number of halogens is 1. The summed E-state index contributed by atoms with van der Waals surface area (Å²) in [5.41, 5.74) is 3.69. The van der Waals surface area contributed by atoms with Crippen molar-refractivity contribution in [3.63, 3.8) is 0 Å². The summed E-state index contributed by atoms with van der Waals surface area (Å²) in [5.74, 6) is 2.48. The fourth-order valence-corrected chi connectivity index (χ4v) is 5.48. The van der Waals surface area contributed by atoms with E-state index in [1.165, 1.54) is 0 Å². The first kappa shape index (κ1) is 27.9. The van der Waals surface area contributed by atoms with Gasteiger partial charge in [-0.3, -0.25) is 4.79 Å². The van der Waals surface area contributed by atoms with Crippen LogP contribution in [0.4, 0.5) is 17.5 Å². The lowest BCUT2D eigenvalue weighted by molar-refractivity contribution is -0.121. The maximum Gasteiger partial charge on any atom is 0.228 e. The Kier molecular flexibility index (Phi) is 8.01. The van der Waals surface area contributed by atoms with Crippen LogP contribution in [0, 0.1) is 5.92 Å². The number of anilines is 3. The van der Waals surface area contributed by atoms with Crippen molar-refractivity contribution in [1.82, 2.24) is 19.4 Å². The first-order chi connectivity index (χ1) is 19.1. The number of carbonyl (C=O) groups excluding carboxylic acids is 1. The fourth-order valence-electron chi connectivity index (χ4n) is 5.08. The topological polar surface area (TPSA) is 84.3 Å². The smallest absolute Gasteiger partial charge is 0.228 e. The number of imidazole rings is 1. The summed E-state index contributed by atoms with van der Waals surface area (Å²) in [6.45, 7) is 11.5. The Morgan fingerprint density at radius 3 is 2.55 bits per heavy atom. The zero-order valence-corrected chi connectivity index (χ0v) is 24.5. The highest BCUT2D eigenvalue weighted by molar-refractivity contribution is 6.31. The minimum absolute atomic E-state index is 0.0106. The molecule has 0 aliphatic carbocycles. The number of ether oxygens (including phenoxy) is 1. The number of likely N-dealkylation sites (tertiary alicyclic amines) is 1. The normalized spacial score (nSPS) is 14.8. The largest absolute Gasteiger partial charge is 0.457 e. The minimum atomic E-state index is -0.0739. The molecular weight excluding hydrogens is 524 g/mol. The highest BCUT2D eigenvalue weighted by Crippen LogP contribution is 2.33.